The summed E-state index contributed by atoms with van der Waals surface area (Å²) in [6.07, 6.45) is 3.02. The van der Waals surface area contributed by atoms with Gasteiger partial charge in [-0.25, -0.2) is 0 Å². The van der Waals surface area contributed by atoms with E-state index in [0.717, 1.165) is 23.2 Å². The molecule has 6 nitrogen and oxygen atoms in total. The first-order valence-corrected chi connectivity index (χ1v) is 9.85. The van der Waals surface area contributed by atoms with Crippen molar-refractivity contribution in [3.05, 3.63) is 59.1 Å². The average molecular weight is 410 g/mol. The molecule has 2 aromatic rings. The van der Waals surface area contributed by atoms with E-state index in [1.54, 1.807) is 27.2 Å². The second-order valence-electron chi connectivity index (χ2n) is 8.09. The molecule has 30 heavy (non-hydrogen) atoms. The van der Waals surface area contributed by atoms with Crippen LogP contribution in [0.15, 0.2) is 42.3 Å². The monoisotopic (exact) mass is 409 g/mol. The Kier molecular flexibility index (Phi) is 7.38. The van der Waals surface area contributed by atoms with E-state index in [0.29, 0.717) is 29.9 Å². The van der Waals surface area contributed by atoms with Crippen LogP contribution >= 0.6 is 0 Å². The summed E-state index contributed by atoms with van der Waals surface area (Å²) in [6.45, 7) is 7.80. The fraction of sp³-hybridized carbons (Fsp3) is 0.375. The predicted octanol–water partition coefficient (Wildman–Crippen LogP) is 4.92. The number of anilines is 1. The molecule has 0 aliphatic rings. The molecule has 6 heteroatoms. The molecule has 0 unspecified atom stereocenters. The van der Waals surface area contributed by atoms with Gasteiger partial charge in [-0.1, -0.05) is 19.9 Å². The third-order valence-corrected chi connectivity index (χ3v) is 5.18. The maximum absolute atomic E-state index is 11.4. The van der Waals surface area contributed by atoms with Gasteiger partial charge in [-0.3, -0.25) is 4.98 Å². The Morgan fingerprint density at radius 3 is 2.50 bits per heavy atom. The highest BCUT2D eigenvalue weighted by Crippen LogP contribution is 2.41. The maximum atomic E-state index is 11.4. The number of rotatable bonds is 9. The number of benzene rings is 1. The van der Waals surface area contributed by atoms with E-state index < -0.39 is 5.41 Å². The molecule has 0 fully saturated rings. The highest BCUT2D eigenvalue weighted by Gasteiger charge is 2.28. The van der Waals surface area contributed by atoms with Gasteiger partial charge in [0, 0.05) is 48.3 Å². The molecule has 160 valence electrons. The molecule has 2 N–H and O–H groups in total. The number of pyridine rings is 1. The van der Waals surface area contributed by atoms with E-state index in [9.17, 15) is 9.90 Å². The number of ether oxygens (including phenoxy) is 1. The minimum atomic E-state index is -0.457. The first-order chi connectivity index (χ1) is 14.1. The lowest BCUT2D eigenvalue weighted by Gasteiger charge is -2.32. The molecule has 0 saturated carbocycles. The Bertz CT molecular complexity index is 946. The number of nitrogens with one attached hydrogen (secondary N) is 1. The normalized spacial score (nSPS) is 12.2. The molecule has 0 amide bonds. The van der Waals surface area contributed by atoms with Crippen LogP contribution in [-0.2, 0) is 16.8 Å². The molecule has 1 aromatic carbocycles. The van der Waals surface area contributed by atoms with E-state index in [-0.39, 0.29) is 11.5 Å². The maximum Gasteiger partial charge on any atom is 0.128 e. The van der Waals surface area contributed by atoms with Crippen LogP contribution < -0.4 is 9.64 Å². The number of aldehydes is 1. The predicted molar refractivity (Wildman–Crippen MR) is 122 cm³/mol. The van der Waals surface area contributed by atoms with Crippen LogP contribution in [0.4, 0.5) is 5.69 Å². The third kappa shape index (κ3) is 5.06. The number of hydrogen-bond acceptors (Lipinski definition) is 6. The highest BCUT2D eigenvalue weighted by atomic mass is 16.5. The number of aliphatic hydroxyl groups excluding tert-OH is 1. The summed E-state index contributed by atoms with van der Waals surface area (Å²) in [5.41, 5.74) is 3.60. The Balaban J connectivity index is 2.73. The number of aromatic nitrogens is 1. The zero-order chi connectivity index (χ0) is 22.5. The molecule has 1 heterocycles. The highest BCUT2D eigenvalue weighted by molar-refractivity contribution is 6.22. The van der Waals surface area contributed by atoms with Gasteiger partial charge in [0.1, 0.15) is 12.0 Å². The number of allylic oxidation sites excluding steroid dienone is 2. The summed E-state index contributed by atoms with van der Waals surface area (Å²) in [7, 11) is 3.54. The summed E-state index contributed by atoms with van der Waals surface area (Å²) >= 11 is 0. The number of hydrogen-bond donors (Lipinski definition) is 2. The molecule has 0 radical (unpaired) electrons. The van der Waals surface area contributed by atoms with Crippen molar-refractivity contribution in [2.45, 2.75) is 46.1 Å². The fourth-order valence-electron chi connectivity index (χ4n) is 3.60. The second kappa shape index (κ2) is 9.57. The lowest BCUT2D eigenvalue weighted by Crippen LogP contribution is -2.26. The lowest BCUT2D eigenvalue weighted by molar-refractivity contribution is -0.108. The summed E-state index contributed by atoms with van der Waals surface area (Å²) in [5.74, 6) is 0.605. The first kappa shape index (κ1) is 23.1. The van der Waals surface area contributed by atoms with Crippen molar-refractivity contribution in [2.24, 2.45) is 0 Å². The summed E-state index contributed by atoms with van der Waals surface area (Å²) < 4.78 is 5.64. The van der Waals surface area contributed by atoms with Gasteiger partial charge in [-0.05, 0) is 43.0 Å². The average Bonchev–Trinajstić information content (AvgIpc) is 2.67. The number of carbonyl (C=O) groups is 1. The van der Waals surface area contributed by atoms with Gasteiger partial charge in [0.25, 0.3) is 0 Å². The minimum absolute atomic E-state index is 0.0505. The lowest BCUT2D eigenvalue weighted by atomic mass is 9.79. The van der Waals surface area contributed by atoms with E-state index in [4.69, 9.17) is 10.1 Å². The van der Waals surface area contributed by atoms with E-state index >= 15 is 0 Å². The molecule has 0 atom stereocenters. The van der Waals surface area contributed by atoms with E-state index in [2.05, 4.69) is 9.88 Å². The summed E-state index contributed by atoms with van der Waals surface area (Å²) in [4.78, 5) is 17.9. The zero-order valence-corrected chi connectivity index (χ0v) is 18.6. The number of aliphatic hydroxyl groups is 1. The van der Waals surface area contributed by atoms with Crippen molar-refractivity contribution in [2.75, 3.05) is 19.1 Å². The number of methoxy groups -OCH3 is 1. The van der Waals surface area contributed by atoms with Crippen LogP contribution in [-0.4, -0.2) is 36.2 Å². The third-order valence-electron chi connectivity index (χ3n) is 5.18. The molecular weight excluding hydrogens is 378 g/mol. The van der Waals surface area contributed by atoms with Crippen LogP contribution in [0, 0.1) is 5.41 Å². The largest absolute Gasteiger partial charge is 0.512 e. The molecule has 1 aromatic heterocycles. The van der Waals surface area contributed by atoms with Gasteiger partial charge in [-0.2, -0.15) is 0 Å². The topological polar surface area (TPSA) is 86.5 Å². The Morgan fingerprint density at radius 1 is 1.30 bits per heavy atom. The van der Waals surface area contributed by atoms with Gasteiger partial charge in [0.05, 0.1) is 25.1 Å². The molecule has 2 rings (SSSR count). The van der Waals surface area contributed by atoms with Crippen molar-refractivity contribution in [3.63, 3.8) is 0 Å². The van der Waals surface area contributed by atoms with Crippen LogP contribution in [0.5, 0.6) is 5.75 Å². The van der Waals surface area contributed by atoms with Gasteiger partial charge in [0.2, 0.25) is 0 Å². The SMILES string of the molecule is COc1cc(N(C)Cc2ccccn2)c(C(C)(C)CC=O)cc1/C(C(C)=N)=C(\C)O. The first-order valence-electron chi connectivity index (χ1n) is 9.85. The van der Waals surface area contributed by atoms with E-state index in [1.165, 1.54) is 0 Å². The summed E-state index contributed by atoms with van der Waals surface area (Å²) in [5, 5.41) is 18.4. The van der Waals surface area contributed by atoms with E-state index in [1.807, 2.05) is 51.2 Å². The molecular formula is C24H31N3O3. The van der Waals surface area contributed by atoms with Crippen molar-refractivity contribution < 1.29 is 14.6 Å². The van der Waals surface area contributed by atoms with Gasteiger partial charge in [-0.15, -0.1) is 0 Å². The van der Waals surface area contributed by atoms with Gasteiger partial charge >= 0.3 is 0 Å². The smallest absolute Gasteiger partial charge is 0.128 e. The quantitative estimate of drug-likeness (QED) is 0.349. The Hall–Kier alpha value is -3.15. The Labute approximate surface area is 178 Å². The van der Waals surface area contributed by atoms with Crippen LogP contribution in [0.2, 0.25) is 0 Å². The van der Waals surface area contributed by atoms with Crippen molar-refractivity contribution >= 4 is 23.3 Å². The van der Waals surface area contributed by atoms with Crippen molar-refractivity contribution in [1.82, 2.24) is 4.98 Å². The molecule has 0 aliphatic carbocycles. The molecule has 0 bridgehead atoms. The van der Waals surface area contributed by atoms with Gasteiger partial charge in [0.15, 0.2) is 0 Å². The van der Waals surface area contributed by atoms with Crippen LogP contribution in [0.25, 0.3) is 5.57 Å². The standard InChI is InChI=1S/C24H31N3O3/c1-16(25)23(17(2)29)19-13-20(24(3,4)10-12-28)21(14-22(19)30-6)27(5)15-18-9-7-8-11-26-18/h7-9,11-14,25,29H,10,15H2,1-6H3/b23-17+,25-16?. The summed E-state index contributed by atoms with van der Waals surface area (Å²) in [6, 6.07) is 9.63. The minimum Gasteiger partial charge on any atom is -0.512 e. The molecule has 0 aliphatic heterocycles. The zero-order valence-electron chi connectivity index (χ0n) is 18.6. The number of carbonyl (C=O) groups excluding carboxylic acids is 1. The Morgan fingerprint density at radius 2 is 2.00 bits per heavy atom. The number of nitrogens with zero attached hydrogens (tertiary/aromatic N) is 2. The fourth-order valence-corrected chi connectivity index (χ4v) is 3.60. The van der Waals surface area contributed by atoms with Gasteiger partial charge < -0.3 is 24.9 Å². The van der Waals surface area contributed by atoms with Crippen LogP contribution in [0.1, 0.15) is 50.9 Å². The second-order valence-corrected chi connectivity index (χ2v) is 8.09. The van der Waals surface area contributed by atoms with Crippen molar-refractivity contribution in [1.29, 1.82) is 5.41 Å². The van der Waals surface area contributed by atoms with Crippen molar-refractivity contribution in [3.8, 4) is 5.75 Å². The molecule has 0 spiro atoms. The molecule has 0 saturated heterocycles. The van der Waals surface area contributed by atoms with Crippen LogP contribution in [0.3, 0.4) is 0 Å².